The van der Waals surface area contributed by atoms with Crippen molar-refractivity contribution in [1.29, 1.82) is 0 Å². The quantitative estimate of drug-likeness (QED) is 0.650. The molecule has 1 aliphatic heterocycles. The number of hydrogen-bond donors (Lipinski definition) is 2. The van der Waals surface area contributed by atoms with Crippen LogP contribution in [0.3, 0.4) is 0 Å². The molecule has 1 aliphatic rings. The Morgan fingerprint density at radius 2 is 2.19 bits per heavy atom. The van der Waals surface area contributed by atoms with Crippen molar-refractivity contribution in [3.8, 4) is 0 Å². The number of amides is 2. The molecule has 3 heterocycles. The molecule has 0 unspecified atom stereocenters. The predicted molar refractivity (Wildman–Crippen MR) is 110 cm³/mol. The Morgan fingerprint density at radius 3 is 2.96 bits per heavy atom. The molecule has 0 bridgehead atoms. The summed E-state index contributed by atoms with van der Waals surface area (Å²) in [5.41, 5.74) is 2.76. The average molecular weight is 429 g/mol. The first-order valence-corrected chi connectivity index (χ1v) is 9.69. The maximum atomic E-state index is 12.7. The highest BCUT2D eigenvalue weighted by molar-refractivity contribution is 9.10. The fourth-order valence-corrected chi connectivity index (χ4v) is 3.95. The van der Waals surface area contributed by atoms with Crippen molar-refractivity contribution in [2.45, 2.75) is 19.9 Å². The van der Waals surface area contributed by atoms with Crippen LogP contribution >= 0.6 is 15.9 Å². The fraction of sp³-hybridized carbons (Fsp3) is 0.316. The van der Waals surface area contributed by atoms with Crippen LogP contribution in [0.25, 0.3) is 11.0 Å². The summed E-state index contributed by atoms with van der Waals surface area (Å²) >= 11 is 3.43. The summed E-state index contributed by atoms with van der Waals surface area (Å²) in [6.07, 6.45) is 3.54. The van der Waals surface area contributed by atoms with Gasteiger partial charge in [0.1, 0.15) is 17.8 Å². The summed E-state index contributed by atoms with van der Waals surface area (Å²) in [7, 11) is 0. The Kier molecular flexibility index (Phi) is 4.73. The Hall–Kier alpha value is -2.61. The van der Waals surface area contributed by atoms with Crippen LogP contribution in [0.15, 0.2) is 41.3 Å². The number of aromatic nitrogens is 3. The van der Waals surface area contributed by atoms with Gasteiger partial charge in [-0.2, -0.15) is 0 Å². The molecular formula is C19H21BrN6O. The van der Waals surface area contributed by atoms with E-state index in [0.29, 0.717) is 6.54 Å². The van der Waals surface area contributed by atoms with Gasteiger partial charge >= 0.3 is 6.03 Å². The maximum Gasteiger partial charge on any atom is 0.322 e. The number of rotatable bonds is 2. The first-order chi connectivity index (χ1) is 13.0. The number of benzene rings is 1. The van der Waals surface area contributed by atoms with Crippen molar-refractivity contribution in [3.63, 3.8) is 0 Å². The van der Waals surface area contributed by atoms with E-state index in [4.69, 9.17) is 0 Å². The molecule has 0 saturated carbocycles. The van der Waals surface area contributed by atoms with Crippen molar-refractivity contribution in [2.75, 3.05) is 29.9 Å². The third kappa shape index (κ3) is 3.49. The molecule has 7 nitrogen and oxygen atoms in total. The minimum absolute atomic E-state index is 0.0650. The van der Waals surface area contributed by atoms with Crippen LogP contribution in [-0.4, -0.2) is 51.6 Å². The van der Waals surface area contributed by atoms with Crippen LogP contribution in [0.5, 0.6) is 0 Å². The van der Waals surface area contributed by atoms with E-state index in [9.17, 15) is 4.79 Å². The zero-order chi connectivity index (χ0) is 19.0. The van der Waals surface area contributed by atoms with Gasteiger partial charge in [0.2, 0.25) is 0 Å². The summed E-state index contributed by atoms with van der Waals surface area (Å²) in [5, 5.41) is 4.03. The number of urea groups is 1. The Morgan fingerprint density at radius 1 is 1.33 bits per heavy atom. The predicted octanol–water partition coefficient (Wildman–Crippen LogP) is 3.77. The normalized spacial score (nSPS) is 17.4. The number of halogens is 1. The van der Waals surface area contributed by atoms with Gasteiger partial charge in [0.15, 0.2) is 0 Å². The van der Waals surface area contributed by atoms with Crippen LogP contribution < -0.4 is 10.2 Å². The molecule has 2 amide bonds. The molecule has 8 heteroatoms. The van der Waals surface area contributed by atoms with E-state index in [-0.39, 0.29) is 12.1 Å². The van der Waals surface area contributed by atoms with Gasteiger partial charge in [-0.25, -0.2) is 14.8 Å². The number of aromatic amines is 1. The smallest absolute Gasteiger partial charge is 0.322 e. The first kappa shape index (κ1) is 17.8. The van der Waals surface area contributed by atoms with Gasteiger partial charge < -0.3 is 20.1 Å². The van der Waals surface area contributed by atoms with Gasteiger partial charge in [0, 0.05) is 42.0 Å². The molecule has 3 aromatic rings. The first-order valence-electron chi connectivity index (χ1n) is 8.90. The number of fused-ring (bicyclic) bond motifs is 1. The van der Waals surface area contributed by atoms with Crippen molar-refractivity contribution >= 4 is 44.5 Å². The van der Waals surface area contributed by atoms with Gasteiger partial charge in [0.05, 0.1) is 5.39 Å². The molecule has 2 aromatic heterocycles. The van der Waals surface area contributed by atoms with Gasteiger partial charge in [-0.1, -0.05) is 22.0 Å². The van der Waals surface area contributed by atoms with Crippen molar-refractivity contribution in [1.82, 2.24) is 19.9 Å². The topological polar surface area (TPSA) is 77.2 Å². The van der Waals surface area contributed by atoms with E-state index < -0.39 is 0 Å². The summed E-state index contributed by atoms with van der Waals surface area (Å²) in [6.45, 7) is 6.21. The molecule has 4 rings (SSSR count). The second-order valence-corrected chi connectivity index (χ2v) is 7.74. The lowest BCUT2D eigenvalue weighted by Crippen LogP contribution is -2.55. The van der Waals surface area contributed by atoms with Crippen LogP contribution in [0.2, 0.25) is 0 Å². The molecule has 1 fully saturated rings. The lowest BCUT2D eigenvalue weighted by atomic mass is 10.1. The molecule has 1 atom stereocenters. The number of carbonyl (C=O) groups excluding carboxylic acids is 1. The lowest BCUT2D eigenvalue weighted by Gasteiger charge is -2.40. The minimum Gasteiger partial charge on any atom is -0.352 e. The van der Waals surface area contributed by atoms with E-state index in [1.165, 1.54) is 0 Å². The average Bonchev–Trinajstić information content (AvgIpc) is 3.03. The highest BCUT2D eigenvalue weighted by atomic mass is 79.9. The number of H-pyrrole nitrogens is 1. The summed E-state index contributed by atoms with van der Waals surface area (Å²) in [5.74, 6) is 0.928. The number of nitrogens with one attached hydrogen (secondary N) is 2. The van der Waals surface area contributed by atoms with Crippen LogP contribution in [0, 0.1) is 6.92 Å². The van der Waals surface area contributed by atoms with Gasteiger partial charge in [-0.3, -0.25) is 0 Å². The second-order valence-electron chi connectivity index (χ2n) is 6.82. The molecule has 2 N–H and O–H groups in total. The summed E-state index contributed by atoms with van der Waals surface area (Å²) in [6, 6.07) is 7.60. The Labute approximate surface area is 165 Å². The van der Waals surface area contributed by atoms with Gasteiger partial charge in [-0.05, 0) is 37.6 Å². The number of carbonyl (C=O) groups is 1. The standard InChI is InChI=1S/C19H21BrN6O/c1-12-9-21-17-16(12)18(23-11-22-17)25-6-7-26(13(2)10-25)19(27)24-15-5-3-4-14(20)8-15/h3-5,8-9,11,13H,6-7,10H2,1-2H3,(H,24,27)(H,21,22,23)/t13-/m0/s1. The maximum absolute atomic E-state index is 12.7. The van der Waals surface area contributed by atoms with Crippen LogP contribution in [0.1, 0.15) is 12.5 Å². The molecule has 140 valence electrons. The summed E-state index contributed by atoms with van der Waals surface area (Å²) in [4.78, 5) is 28.8. The number of anilines is 2. The van der Waals surface area contributed by atoms with E-state index in [1.54, 1.807) is 6.33 Å². The lowest BCUT2D eigenvalue weighted by molar-refractivity contribution is 0.184. The number of nitrogens with zero attached hydrogens (tertiary/aromatic N) is 4. The van der Waals surface area contributed by atoms with Gasteiger partial charge in [-0.15, -0.1) is 0 Å². The molecule has 0 spiro atoms. The van der Waals surface area contributed by atoms with Crippen molar-refractivity contribution < 1.29 is 4.79 Å². The molecule has 0 aliphatic carbocycles. The SMILES string of the molecule is Cc1c[nH]c2ncnc(N3CCN(C(=O)Nc4cccc(Br)c4)[C@@H](C)C3)c12. The van der Waals surface area contributed by atoms with E-state index in [1.807, 2.05) is 35.4 Å². The van der Waals surface area contributed by atoms with Crippen LogP contribution in [-0.2, 0) is 0 Å². The number of aryl methyl sites for hydroxylation is 1. The Balaban J connectivity index is 1.49. The fourth-order valence-electron chi connectivity index (χ4n) is 3.55. The highest BCUT2D eigenvalue weighted by Gasteiger charge is 2.29. The van der Waals surface area contributed by atoms with Crippen LogP contribution in [0.4, 0.5) is 16.3 Å². The molecule has 1 aromatic carbocycles. The zero-order valence-electron chi connectivity index (χ0n) is 15.2. The minimum atomic E-state index is -0.0779. The third-order valence-electron chi connectivity index (χ3n) is 4.91. The molecule has 27 heavy (non-hydrogen) atoms. The molecular weight excluding hydrogens is 408 g/mol. The van der Waals surface area contributed by atoms with E-state index in [0.717, 1.165) is 45.7 Å². The highest BCUT2D eigenvalue weighted by Crippen LogP contribution is 2.27. The number of piperazine rings is 1. The number of hydrogen-bond acceptors (Lipinski definition) is 4. The zero-order valence-corrected chi connectivity index (χ0v) is 16.8. The largest absolute Gasteiger partial charge is 0.352 e. The van der Waals surface area contributed by atoms with Crippen molar-refractivity contribution in [2.24, 2.45) is 0 Å². The second kappa shape index (κ2) is 7.19. The van der Waals surface area contributed by atoms with Crippen molar-refractivity contribution in [3.05, 3.63) is 46.8 Å². The van der Waals surface area contributed by atoms with Gasteiger partial charge in [0.25, 0.3) is 0 Å². The monoisotopic (exact) mass is 428 g/mol. The molecule has 0 radical (unpaired) electrons. The molecule has 1 saturated heterocycles. The third-order valence-corrected chi connectivity index (χ3v) is 5.40. The van der Waals surface area contributed by atoms with E-state index >= 15 is 0 Å². The Bertz CT molecular complexity index is 987. The van der Waals surface area contributed by atoms with E-state index in [2.05, 4.69) is 54.9 Å². The summed E-state index contributed by atoms with van der Waals surface area (Å²) < 4.78 is 0.938.